The van der Waals surface area contributed by atoms with Crippen molar-refractivity contribution in [2.45, 2.75) is 30.4 Å². The zero-order valence-corrected chi connectivity index (χ0v) is 10.6. The van der Waals surface area contributed by atoms with Crippen LogP contribution in [-0.4, -0.2) is 22.0 Å². The molecule has 0 aliphatic heterocycles. The summed E-state index contributed by atoms with van der Waals surface area (Å²) in [6.07, 6.45) is 0.391. The average molecular weight is 258 g/mol. The summed E-state index contributed by atoms with van der Waals surface area (Å²) >= 11 is 0. The Morgan fingerprint density at radius 2 is 2.18 bits per heavy atom. The quantitative estimate of drug-likeness (QED) is 0.761. The average Bonchev–Trinajstić information content (AvgIpc) is 2.30. The van der Waals surface area contributed by atoms with Gasteiger partial charge < -0.3 is 4.74 Å². The Morgan fingerprint density at radius 3 is 2.71 bits per heavy atom. The van der Waals surface area contributed by atoms with Crippen molar-refractivity contribution in [3.05, 3.63) is 30.1 Å². The van der Waals surface area contributed by atoms with Gasteiger partial charge in [-0.1, -0.05) is 13.0 Å². The zero-order chi connectivity index (χ0) is 12.8. The highest BCUT2D eigenvalue weighted by atomic mass is 32.2. The molecule has 3 nitrogen and oxygen atoms in total. The number of hydrogen-bond acceptors (Lipinski definition) is 3. The largest absolute Gasteiger partial charge is 0.465 e. The fourth-order valence-corrected chi connectivity index (χ4v) is 2.71. The van der Waals surface area contributed by atoms with Gasteiger partial charge in [-0.25, -0.2) is 4.39 Å². The van der Waals surface area contributed by atoms with Crippen molar-refractivity contribution in [1.82, 2.24) is 0 Å². The van der Waals surface area contributed by atoms with Gasteiger partial charge in [0.2, 0.25) is 0 Å². The Labute approximate surface area is 102 Å². The molecule has 1 aromatic carbocycles. The van der Waals surface area contributed by atoms with E-state index in [2.05, 4.69) is 0 Å². The van der Waals surface area contributed by atoms with Gasteiger partial charge in [-0.15, -0.1) is 0 Å². The van der Waals surface area contributed by atoms with Crippen LogP contribution in [0.2, 0.25) is 0 Å². The van der Waals surface area contributed by atoms with Crippen molar-refractivity contribution >= 4 is 16.8 Å². The SMILES string of the molecule is CCOC(=O)C(CC)S(=O)c1cccc(F)c1. The summed E-state index contributed by atoms with van der Waals surface area (Å²) in [5.74, 6) is -0.966. The van der Waals surface area contributed by atoms with Gasteiger partial charge in [-0.2, -0.15) is 0 Å². The summed E-state index contributed by atoms with van der Waals surface area (Å²) in [6.45, 7) is 3.68. The first-order chi connectivity index (χ1) is 8.10. The molecule has 0 amide bonds. The van der Waals surface area contributed by atoms with E-state index in [1.165, 1.54) is 18.2 Å². The molecule has 0 bridgehead atoms. The van der Waals surface area contributed by atoms with Gasteiger partial charge in [0.25, 0.3) is 0 Å². The number of rotatable bonds is 5. The Hall–Kier alpha value is -1.23. The third kappa shape index (κ3) is 3.63. The van der Waals surface area contributed by atoms with E-state index in [1.807, 2.05) is 0 Å². The summed E-state index contributed by atoms with van der Waals surface area (Å²) in [5.41, 5.74) is 0. The Morgan fingerprint density at radius 1 is 1.47 bits per heavy atom. The van der Waals surface area contributed by atoms with Crippen LogP contribution >= 0.6 is 0 Å². The van der Waals surface area contributed by atoms with E-state index >= 15 is 0 Å². The molecule has 0 aliphatic carbocycles. The Balaban J connectivity index is 2.90. The summed E-state index contributed by atoms with van der Waals surface area (Å²) in [7, 11) is -1.58. The molecule has 0 N–H and O–H groups in total. The van der Waals surface area contributed by atoms with Gasteiger partial charge in [0.1, 0.15) is 11.1 Å². The van der Waals surface area contributed by atoms with Crippen molar-refractivity contribution in [1.29, 1.82) is 0 Å². The predicted molar refractivity (Wildman–Crippen MR) is 63.5 cm³/mol. The number of ether oxygens (including phenoxy) is 1. The maximum absolute atomic E-state index is 13.0. The minimum atomic E-state index is -1.58. The molecule has 0 radical (unpaired) electrons. The lowest BCUT2D eigenvalue weighted by molar-refractivity contribution is -0.142. The highest BCUT2D eigenvalue weighted by Crippen LogP contribution is 2.16. The Bertz CT molecular complexity index is 420. The molecule has 0 saturated carbocycles. The van der Waals surface area contributed by atoms with Crippen LogP contribution in [-0.2, 0) is 20.3 Å². The fraction of sp³-hybridized carbons (Fsp3) is 0.417. The second-order valence-corrected chi connectivity index (χ2v) is 5.04. The van der Waals surface area contributed by atoms with Crippen molar-refractivity contribution in [3.8, 4) is 0 Å². The van der Waals surface area contributed by atoms with E-state index in [-0.39, 0.29) is 6.61 Å². The molecule has 0 aromatic heterocycles. The monoisotopic (exact) mass is 258 g/mol. The lowest BCUT2D eigenvalue weighted by Crippen LogP contribution is -2.27. The molecule has 2 atom stereocenters. The molecule has 0 aliphatic rings. The lowest BCUT2D eigenvalue weighted by Gasteiger charge is -2.13. The zero-order valence-electron chi connectivity index (χ0n) is 9.81. The molecule has 5 heteroatoms. The maximum atomic E-state index is 13.0. The Kier molecular flexibility index (Phi) is 5.28. The van der Waals surface area contributed by atoms with Crippen LogP contribution in [0.15, 0.2) is 29.2 Å². The standard InChI is InChI=1S/C12H15FO3S/c1-3-11(12(14)16-4-2)17(15)10-7-5-6-9(13)8-10/h5-8,11H,3-4H2,1-2H3. The molecule has 1 rings (SSSR count). The first kappa shape index (κ1) is 13.8. The maximum Gasteiger partial charge on any atom is 0.322 e. The van der Waals surface area contributed by atoms with Gasteiger partial charge in [0.05, 0.1) is 17.4 Å². The smallest absolute Gasteiger partial charge is 0.322 e. The van der Waals surface area contributed by atoms with E-state index in [4.69, 9.17) is 4.74 Å². The van der Waals surface area contributed by atoms with Crippen LogP contribution in [0.5, 0.6) is 0 Å². The first-order valence-electron chi connectivity index (χ1n) is 5.42. The normalized spacial score (nSPS) is 14.1. The van der Waals surface area contributed by atoms with Gasteiger partial charge in [0, 0.05) is 4.90 Å². The molecule has 0 saturated heterocycles. The number of hydrogen-bond donors (Lipinski definition) is 0. The summed E-state index contributed by atoms with van der Waals surface area (Å²) in [4.78, 5) is 11.9. The highest BCUT2D eigenvalue weighted by Gasteiger charge is 2.25. The predicted octanol–water partition coefficient (Wildman–Crippen LogP) is 2.28. The summed E-state index contributed by atoms with van der Waals surface area (Å²) in [6, 6.07) is 5.46. The molecule has 1 aromatic rings. The molecular weight excluding hydrogens is 243 g/mol. The van der Waals surface area contributed by atoms with Crippen molar-refractivity contribution in [3.63, 3.8) is 0 Å². The number of halogens is 1. The van der Waals surface area contributed by atoms with E-state index in [9.17, 15) is 13.4 Å². The van der Waals surface area contributed by atoms with Crippen LogP contribution in [0.4, 0.5) is 4.39 Å². The topological polar surface area (TPSA) is 43.4 Å². The highest BCUT2D eigenvalue weighted by molar-refractivity contribution is 7.86. The van der Waals surface area contributed by atoms with Crippen LogP contribution in [0.3, 0.4) is 0 Å². The summed E-state index contributed by atoms with van der Waals surface area (Å²) in [5, 5.41) is -0.739. The van der Waals surface area contributed by atoms with Gasteiger partial charge >= 0.3 is 5.97 Å². The van der Waals surface area contributed by atoms with Gasteiger partial charge in [0.15, 0.2) is 0 Å². The van der Waals surface area contributed by atoms with Crippen LogP contribution in [0.25, 0.3) is 0 Å². The summed E-state index contributed by atoms with van der Waals surface area (Å²) < 4.78 is 29.9. The molecule has 0 spiro atoms. The number of benzene rings is 1. The van der Waals surface area contributed by atoms with Crippen LogP contribution in [0, 0.1) is 5.82 Å². The van der Waals surface area contributed by atoms with E-state index in [0.717, 1.165) is 0 Å². The van der Waals surface area contributed by atoms with Crippen molar-refractivity contribution in [2.24, 2.45) is 0 Å². The first-order valence-corrected chi connectivity index (χ1v) is 6.64. The molecule has 0 heterocycles. The molecule has 0 fully saturated rings. The molecular formula is C12H15FO3S. The van der Waals surface area contributed by atoms with Gasteiger partial charge in [-0.3, -0.25) is 9.00 Å². The van der Waals surface area contributed by atoms with E-state index in [1.54, 1.807) is 19.9 Å². The van der Waals surface area contributed by atoms with Crippen molar-refractivity contribution in [2.75, 3.05) is 6.61 Å². The number of esters is 1. The fourth-order valence-electron chi connectivity index (χ4n) is 1.40. The number of carbonyl (C=O) groups is 1. The van der Waals surface area contributed by atoms with Crippen LogP contribution in [0.1, 0.15) is 20.3 Å². The second-order valence-electron chi connectivity index (χ2n) is 3.40. The van der Waals surface area contributed by atoms with Crippen LogP contribution < -0.4 is 0 Å². The molecule has 17 heavy (non-hydrogen) atoms. The van der Waals surface area contributed by atoms with E-state index in [0.29, 0.717) is 11.3 Å². The minimum absolute atomic E-state index is 0.246. The molecule has 94 valence electrons. The third-order valence-corrected chi connectivity index (χ3v) is 3.97. The number of carbonyl (C=O) groups excluding carboxylic acids is 1. The van der Waals surface area contributed by atoms with E-state index < -0.39 is 27.8 Å². The minimum Gasteiger partial charge on any atom is -0.465 e. The van der Waals surface area contributed by atoms with Gasteiger partial charge in [-0.05, 0) is 31.5 Å². The van der Waals surface area contributed by atoms with Crippen molar-refractivity contribution < 1.29 is 18.1 Å². The third-order valence-electron chi connectivity index (χ3n) is 2.21. The lowest BCUT2D eigenvalue weighted by atomic mass is 10.3. The molecule has 2 unspecified atom stereocenters. The second kappa shape index (κ2) is 6.49.